The molecule has 0 fully saturated rings. The maximum absolute atomic E-state index is 13.3. The lowest BCUT2D eigenvalue weighted by Gasteiger charge is -2.06. The van der Waals surface area contributed by atoms with Gasteiger partial charge in [-0.15, -0.1) is 5.10 Å². The Morgan fingerprint density at radius 3 is 3.00 bits per heavy atom. The summed E-state index contributed by atoms with van der Waals surface area (Å²) in [7, 11) is 0. The highest BCUT2D eigenvalue weighted by molar-refractivity contribution is 5.44. The van der Waals surface area contributed by atoms with E-state index in [-0.39, 0.29) is 17.3 Å². The van der Waals surface area contributed by atoms with Gasteiger partial charge in [0.25, 0.3) is 0 Å². The largest absolute Gasteiger partial charge is 0.437 e. The molecule has 2 heterocycles. The highest BCUT2D eigenvalue weighted by atomic mass is 19.1. The molecule has 0 aliphatic carbocycles. The fraction of sp³-hybridized carbons (Fsp3) is 0. The van der Waals surface area contributed by atoms with E-state index in [4.69, 9.17) is 10.5 Å². The summed E-state index contributed by atoms with van der Waals surface area (Å²) in [6.07, 6.45) is 2.91. The summed E-state index contributed by atoms with van der Waals surface area (Å²) in [5, 5.41) is 10.9. The molecule has 2 aromatic heterocycles. The molecular weight excluding hydrogens is 239 g/mol. The zero-order valence-corrected chi connectivity index (χ0v) is 8.99. The summed E-state index contributed by atoms with van der Waals surface area (Å²) >= 11 is 0. The van der Waals surface area contributed by atoms with Gasteiger partial charge >= 0.3 is 0 Å². The van der Waals surface area contributed by atoms with Crippen LogP contribution < -0.4 is 10.5 Å². The molecule has 3 aromatic rings. The standard InChI is InChI=1S/C10H7FN6O/c11-7-3-6(1-2-8(7)12)18-10-5-13-4-9-14-15-16-17(9)10/h1-5H,12H2. The number of hydrogen-bond donors (Lipinski definition) is 1. The summed E-state index contributed by atoms with van der Waals surface area (Å²) in [4.78, 5) is 3.91. The summed E-state index contributed by atoms with van der Waals surface area (Å²) < 4.78 is 20.1. The number of benzene rings is 1. The Morgan fingerprint density at radius 2 is 2.17 bits per heavy atom. The molecule has 0 spiro atoms. The van der Waals surface area contributed by atoms with Crippen molar-refractivity contribution in [3.8, 4) is 11.6 Å². The maximum atomic E-state index is 13.3. The number of nitrogens with two attached hydrogens (primary N) is 1. The molecule has 0 radical (unpaired) electrons. The molecule has 0 aliphatic heterocycles. The van der Waals surface area contributed by atoms with Gasteiger partial charge in [-0.3, -0.25) is 4.98 Å². The normalized spacial score (nSPS) is 10.7. The van der Waals surface area contributed by atoms with Gasteiger partial charge in [0.1, 0.15) is 11.6 Å². The molecule has 3 rings (SSSR count). The second kappa shape index (κ2) is 3.91. The van der Waals surface area contributed by atoms with Gasteiger partial charge in [-0.1, -0.05) is 0 Å². The van der Waals surface area contributed by atoms with Crippen LogP contribution in [0.2, 0.25) is 0 Å². The Hall–Kier alpha value is -2.77. The first kappa shape index (κ1) is 10.4. The second-order valence-corrected chi connectivity index (χ2v) is 3.48. The van der Waals surface area contributed by atoms with Gasteiger partial charge in [-0.05, 0) is 22.6 Å². The smallest absolute Gasteiger partial charge is 0.242 e. The predicted molar refractivity (Wildman–Crippen MR) is 59.5 cm³/mol. The van der Waals surface area contributed by atoms with Crippen LogP contribution in [0.15, 0.2) is 30.6 Å². The van der Waals surface area contributed by atoms with E-state index >= 15 is 0 Å². The molecule has 0 unspecified atom stereocenters. The Morgan fingerprint density at radius 1 is 1.28 bits per heavy atom. The van der Waals surface area contributed by atoms with Gasteiger partial charge < -0.3 is 10.5 Å². The topological polar surface area (TPSA) is 91.2 Å². The molecule has 0 aliphatic rings. The van der Waals surface area contributed by atoms with Gasteiger partial charge in [0.2, 0.25) is 11.5 Å². The molecular formula is C10H7FN6O. The number of hydrogen-bond acceptors (Lipinski definition) is 6. The van der Waals surface area contributed by atoms with Crippen molar-refractivity contribution in [1.29, 1.82) is 0 Å². The van der Waals surface area contributed by atoms with Crippen molar-refractivity contribution in [2.75, 3.05) is 5.73 Å². The van der Waals surface area contributed by atoms with Crippen LogP contribution in [0.1, 0.15) is 0 Å². The molecule has 0 saturated heterocycles. The zero-order valence-electron chi connectivity index (χ0n) is 8.99. The van der Waals surface area contributed by atoms with Gasteiger partial charge in [0.15, 0.2) is 0 Å². The van der Waals surface area contributed by atoms with E-state index < -0.39 is 5.82 Å². The average Bonchev–Trinajstić information content (AvgIpc) is 2.83. The van der Waals surface area contributed by atoms with E-state index in [1.807, 2.05) is 0 Å². The third kappa shape index (κ3) is 1.69. The van der Waals surface area contributed by atoms with E-state index in [1.54, 1.807) is 6.07 Å². The summed E-state index contributed by atoms with van der Waals surface area (Å²) in [5.41, 5.74) is 5.87. The Labute approximate surface area is 100 Å². The molecule has 0 atom stereocenters. The number of nitrogens with zero attached hydrogens (tertiary/aromatic N) is 5. The van der Waals surface area contributed by atoms with Crippen LogP contribution in [-0.2, 0) is 0 Å². The lowest BCUT2D eigenvalue weighted by molar-refractivity contribution is 0.438. The number of rotatable bonds is 2. The molecule has 1 aromatic carbocycles. The van der Waals surface area contributed by atoms with Gasteiger partial charge in [-0.25, -0.2) is 4.39 Å². The quantitative estimate of drug-likeness (QED) is 0.679. The van der Waals surface area contributed by atoms with Crippen LogP contribution in [0.4, 0.5) is 10.1 Å². The van der Waals surface area contributed by atoms with Gasteiger partial charge in [0.05, 0.1) is 18.1 Å². The molecule has 2 N–H and O–H groups in total. The Bertz CT molecular complexity index is 712. The number of nitrogen functional groups attached to an aromatic ring is 1. The fourth-order valence-electron chi connectivity index (χ4n) is 1.42. The zero-order chi connectivity index (χ0) is 12.5. The predicted octanol–water partition coefficient (Wildman–Crippen LogP) is 1.03. The molecule has 0 saturated carbocycles. The van der Waals surface area contributed by atoms with Crippen LogP contribution in [0, 0.1) is 5.82 Å². The molecule has 0 amide bonds. The van der Waals surface area contributed by atoms with Crippen molar-refractivity contribution >= 4 is 11.3 Å². The minimum atomic E-state index is -0.552. The van der Waals surface area contributed by atoms with Crippen molar-refractivity contribution < 1.29 is 9.13 Å². The van der Waals surface area contributed by atoms with Crippen LogP contribution in [0.25, 0.3) is 5.65 Å². The molecule has 18 heavy (non-hydrogen) atoms. The lowest BCUT2D eigenvalue weighted by atomic mass is 10.3. The Kier molecular flexibility index (Phi) is 2.26. The third-order valence-corrected chi connectivity index (χ3v) is 2.27. The minimum absolute atomic E-state index is 0.0566. The van der Waals surface area contributed by atoms with Crippen LogP contribution >= 0.6 is 0 Å². The van der Waals surface area contributed by atoms with Crippen molar-refractivity contribution in [1.82, 2.24) is 25.0 Å². The van der Waals surface area contributed by atoms with Crippen LogP contribution in [-0.4, -0.2) is 25.0 Å². The summed E-state index contributed by atoms with van der Waals surface area (Å²) in [6, 6.07) is 4.14. The molecule has 8 heteroatoms. The fourth-order valence-corrected chi connectivity index (χ4v) is 1.42. The third-order valence-electron chi connectivity index (χ3n) is 2.27. The van der Waals surface area contributed by atoms with E-state index in [9.17, 15) is 4.39 Å². The average molecular weight is 246 g/mol. The molecule has 90 valence electrons. The van der Waals surface area contributed by atoms with Crippen LogP contribution in [0.5, 0.6) is 11.6 Å². The van der Waals surface area contributed by atoms with Gasteiger partial charge in [-0.2, -0.15) is 4.52 Å². The lowest BCUT2D eigenvalue weighted by Crippen LogP contribution is -1.98. The summed E-state index contributed by atoms with van der Waals surface area (Å²) in [5.74, 6) is 0.0116. The monoisotopic (exact) mass is 246 g/mol. The first-order chi connectivity index (χ1) is 8.74. The number of aromatic nitrogens is 5. The SMILES string of the molecule is Nc1ccc(Oc2cncc3nnnn23)cc1F. The number of tetrazole rings is 1. The van der Waals surface area contributed by atoms with Crippen LogP contribution in [0.3, 0.4) is 0 Å². The second-order valence-electron chi connectivity index (χ2n) is 3.48. The van der Waals surface area contributed by atoms with Crippen molar-refractivity contribution in [2.45, 2.75) is 0 Å². The Balaban J connectivity index is 2.01. The first-order valence-corrected chi connectivity index (χ1v) is 4.99. The van der Waals surface area contributed by atoms with Gasteiger partial charge in [0, 0.05) is 6.07 Å². The molecule has 7 nitrogen and oxygen atoms in total. The number of ether oxygens (including phenoxy) is 1. The highest BCUT2D eigenvalue weighted by Crippen LogP contribution is 2.23. The van der Waals surface area contributed by atoms with Crippen molar-refractivity contribution in [2.24, 2.45) is 0 Å². The van der Waals surface area contributed by atoms with Crippen molar-refractivity contribution in [3.63, 3.8) is 0 Å². The number of fused-ring (bicyclic) bond motifs is 1. The number of halogens is 1. The van der Waals surface area contributed by atoms with E-state index in [0.29, 0.717) is 5.65 Å². The highest BCUT2D eigenvalue weighted by Gasteiger charge is 2.07. The minimum Gasteiger partial charge on any atom is -0.437 e. The molecule has 0 bridgehead atoms. The van der Waals surface area contributed by atoms with E-state index in [2.05, 4.69) is 20.5 Å². The number of anilines is 1. The summed E-state index contributed by atoms with van der Waals surface area (Å²) in [6.45, 7) is 0. The van der Waals surface area contributed by atoms with Crippen molar-refractivity contribution in [3.05, 3.63) is 36.4 Å². The van der Waals surface area contributed by atoms with E-state index in [0.717, 1.165) is 0 Å². The first-order valence-electron chi connectivity index (χ1n) is 4.99. The maximum Gasteiger partial charge on any atom is 0.242 e. The van der Waals surface area contributed by atoms with E-state index in [1.165, 1.54) is 29.0 Å².